The van der Waals surface area contributed by atoms with Crippen molar-refractivity contribution in [1.29, 1.82) is 0 Å². The molecule has 2 rings (SSSR count). The van der Waals surface area contributed by atoms with Gasteiger partial charge in [0.05, 0.1) is 12.7 Å². The van der Waals surface area contributed by atoms with Crippen molar-refractivity contribution in [2.45, 2.75) is 39.3 Å². The second kappa shape index (κ2) is 3.23. The summed E-state index contributed by atoms with van der Waals surface area (Å²) in [7, 11) is 0. The summed E-state index contributed by atoms with van der Waals surface area (Å²) in [6, 6.07) is 0. The zero-order chi connectivity index (χ0) is 9.59. The Bertz CT molecular complexity index is 177. The van der Waals surface area contributed by atoms with E-state index in [0.29, 0.717) is 24.4 Å². The van der Waals surface area contributed by atoms with Crippen LogP contribution in [0.2, 0.25) is 0 Å². The SMILES string of the molecule is CC(C)[C@@H]1[C@@H](C)[C@H]2CO[C@H](O2)[C@H]1O. The van der Waals surface area contributed by atoms with E-state index in [1.54, 1.807) is 0 Å². The maximum absolute atomic E-state index is 9.95. The van der Waals surface area contributed by atoms with E-state index in [1.807, 2.05) is 0 Å². The molecule has 2 bridgehead atoms. The quantitative estimate of drug-likeness (QED) is 0.664. The fourth-order valence-corrected chi connectivity index (χ4v) is 2.64. The molecule has 0 aromatic rings. The van der Waals surface area contributed by atoms with Crippen molar-refractivity contribution in [2.75, 3.05) is 6.61 Å². The zero-order valence-corrected chi connectivity index (χ0v) is 8.43. The van der Waals surface area contributed by atoms with Gasteiger partial charge in [-0.25, -0.2) is 0 Å². The standard InChI is InChI=1S/C10H18O3/c1-5(2)8-6(3)7-4-12-10(13-7)9(8)11/h5-11H,4H2,1-3H3/t6-,7+,8+,9-,10+/m0/s1. The first-order valence-corrected chi connectivity index (χ1v) is 5.06. The number of aliphatic hydroxyl groups excluding tert-OH is 1. The molecular weight excluding hydrogens is 168 g/mol. The molecule has 0 spiro atoms. The minimum absolute atomic E-state index is 0.195. The van der Waals surface area contributed by atoms with Crippen LogP contribution in [0.4, 0.5) is 0 Å². The highest BCUT2D eigenvalue weighted by atomic mass is 16.7. The first-order chi connectivity index (χ1) is 6.11. The van der Waals surface area contributed by atoms with E-state index in [2.05, 4.69) is 20.8 Å². The van der Waals surface area contributed by atoms with Crippen LogP contribution in [0.5, 0.6) is 0 Å². The van der Waals surface area contributed by atoms with Crippen LogP contribution < -0.4 is 0 Å². The van der Waals surface area contributed by atoms with Crippen LogP contribution >= 0.6 is 0 Å². The Morgan fingerprint density at radius 2 is 2.08 bits per heavy atom. The largest absolute Gasteiger partial charge is 0.388 e. The van der Waals surface area contributed by atoms with E-state index in [9.17, 15) is 5.11 Å². The van der Waals surface area contributed by atoms with Gasteiger partial charge in [-0.2, -0.15) is 0 Å². The second-order valence-corrected chi connectivity index (χ2v) is 4.55. The number of aliphatic hydroxyl groups is 1. The molecule has 2 aliphatic heterocycles. The lowest BCUT2D eigenvalue weighted by Gasteiger charge is -2.39. The van der Waals surface area contributed by atoms with E-state index in [0.717, 1.165) is 0 Å². The first-order valence-electron chi connectivity index (χ1n) is 5.06. The van der Waals surface area contributed by atoms with Crippen molar-refractivity contribution in [3.63, 3.8) is 0 Å². The summed E-state index contributed by atoms with van der Waals surface area (Å²) in [6.07, 6.45) is -0.622. The highest BCUT2D eigenvalue weighted by molar-refractivity contribution is 4.91. The molecule has 2 fully saturated rings. The summed E-state index contributed by atoms with van der Waals surface area (Å²) < 4.78 is 10.9. The molecular formula is C10H18O3. The van der Waals surface area contributed by atoms with E-state index < -0.39 is 6.10 Å². The number of hydrogen-bond acceptors (Lipinski definition) is 3. The smallest absolute Gasteiger partial charge is 0.184 e. The molecule has 0 amide bonds. The van der Waals surface area contributed by atoms with Gasteiger partial charge >= 0.3 is 0 Å². The number of fused-ring (bicyclic) bond motifs is 2. The fourth-order valence-electron chi connectivity index (χ4n) is 2.64. The Balaban J connectivity index is 2.17. The normalized spacial score (nSPS) is 50.1. The van der Waals surface area contributed by atoms with Crippen molar-refractivity contribution in [3.05, 3.63) is 0 Å². The predicted octanol–water partition coefficient (Wildman–Crippen LogP) is 1.01. The molecule has 0 aromatic carbocycles. The fraction of sp³-hybridized carbons (Fsp3) is 1.00. The molecule has 13 heavy (non-hydrogen) atoms. The van der Waals surface area contributed by atoms with Crippen LogP contribution in [-0.2, 0) is 9.47 Å². The van der Waals surface area contributed by atoms with Crippen molar-refractivity contribution in [1.82, 2.24) is 0 Å². The first kappa shape index (κ1) is 9.44. The van der Waals surface area contributed by atoms with Gasteiger partial charge in [0.25, 0.3) is 0 Å². The van der Waals surface area contributed by atoms with Gasteiger partial charge in [0.15, 0.2) is 6.29 Å². The third kappa shape index (κ3) is 1.39. The number of rotatable bonds is 1. The molecule has 3 heteroatoms. The predicted molar refractivity (Wildman–Crippen MR) is 48.1 cm³/mol. The highest BCUT2D eigenvalue weighted by Gasteiger charge is 2.48. The lowest BCUT2D eigenvalue weighted by Crippen LogP contribution is -2.47. The van der Waals surface area contributed by atoms with Gasteiger partial charge in [0, 0.05) is 0 Å². The third-order valence-electron chi connectivity index (χ3n) is 3.37. The summed E-state index contributed by atoms with van der Waals surface area (Å²) >= 11 is 0. The maximum atomic E-state index is 9.95. The Labute approximate surface area is 79.0 Å². The van der Waals surface area contributed by atoms with Gasteiger partial charge in [-0.15, -0.1) is 0 Å². The van der Waals surface area contributed by atoms with E-state index >= 15 is 0 Å². The Morgan fingerprint density at radius 3 is 2.69 bits per heavy atom. The van der Waals surface area contributed by atoms with Gasteiger partial charge in [-0.05, 0) is 17.8 Å². The second-order valence-electron chi connectivity index (χ2n) is 4.55. The van der Waals surface area contributed by atoms with E-state index in [1.165, 1.54) is 0 Å². The molecule has 3 nitrogen and oxygen atoms in total. The Kier molecular flexibility index (Phi) is 2.34. The van der Waals surface area contributed by atoms with Crippen molar-refractivity contribution in [2.24, 2.45) is 17.8 Å². The lowest BCUT2D eigenvalue weighted by molar-refractivity contribution is -0.198. The van der Waals surface area contributed by atoms with E-state index in [4.69, 9.17) is 9.47 Å². The lowest BCUT2D eigenvalue weighted by atomic mass is 9.76. The van der Waals surface area contributed by atoms with Gasteiger partial charge < -0.3 is 14.6 Å². The zero-order valence-electron chi connectivity index (χ0n) is 8.43. The summed E-state index contributed by atoms with van der Waals surface area (Å²) in [5.41, 5.74) is 0. The van der Waals surface area contributed by atoms with Crippen LogP contribution in [0, 0.1) is 17.8 Å². The molecule has 2 heterocycles. The highest BCUT2D eigenvalue weighted by Crippen LogP contribution is 2.39. The maximum Gasteiger partial charge on any atom is 0.184 e. The van der Waals surface area contributed by atoms with Gasteiger partial charge in [-0.3, -0.25) is 0 Å². The molecule has 5 atom stereocenters. The Hall–Kier alpha value is -0.120. The average Bonchev–Trinajstić information content (AvgIpc) is 2.46. The van der Waals surface area contributed by atoms with Gasteiger partial charge in [0.1, 0.15) is 6.10 Å². The van der Waals surface area contributed by atoms with Crippen LogP contribution in [0.25, 0.3) is 0 Å². The topological polar surface area (TPSA) is 38.7 Å². The van der Waals surface area contributed by atoms with Crippen LogP contribution in [0.1, 0.15) is 20.8 Å². The molecule has 0 unspecified atom stereocenters. The van der Waals surface area contributed by atoms with Crippen molar-refractivity contribution >= 4 is 0 Å². The summed E-state index contributed by atoms with van der Waals surface area (Å²) in [4.78, 5) is 0. The minimum Gasteiger partial charge on any atom is -0.388 e. The molecule has 0 aliphatic carbocycles. The molecule has 0 aromatic heterocycles. The number of ether oxygens (including phenoxy) is 2. The number of hydrogen-bond donors (Lipinski definition) is 1. The van der Waals surface area contributed by atoms with Crippen LogP contribution in [0.3, 0.4) is 0 Å². The molecule has 0 saturated carbocycles. The van der Waals surface area contributed by atoms with Crippen molar-refractivity contribution in [3.8, 4) is 0 Å². The van der Waals surface area contributed by atoms with Crippen LogP contribution in [0.15, 0.2) is 0 Å². The molecule has 2 saturated heterocycles. The Morgan fingerprint density at radius 1 is 1.38 bits per heavy atom. The summed E-state index contributed by atoms with van der Waals surface area (Å²) in [5, 5.41) is 9.95. The van der Waals surface area contributed by atoms with Crippen molar-refractivity contribution < 1.29 is 14.6 Å². The molecule has 2 aliphatic rings. The van der Waals surface area contributed by atoms with E-state index in [-0.39, 0.29) is 12.4 Å². The van der Waals surface area contributed by atoms with Gasteiger partial charge in [0.2, 0.25) is 0 Å². The summed E-state index contributed by atoms with van der Waals surface area (Å²) in [6.45, 7) is 7.08. The monoisotopic (exact) mass is 186 g/mol. The van der Waals surface area contributed by atoms with Gasteiger partial charge in [-0.1, -0.05) is 20.8 Å². The van der Waals surface area contributed by atoms with Crippen LogP contribution in [-0.4, -0.2) is 30.2 Å². The molecule has 0 radical (unpaired) electrons. The minimum atomic E-state index is -0.450. The average molecular weight is 186 g/mol. The molecule has 1 N–H and O–H groups in total. The third-order valence-corrected chi connectivity index (χ3v) is 3.37. The molecule has 76 valence electrons. The summed E-state index contributed by atoms with van der Waals surface area (Å²) in [5.74, 6) is 1.19.